The van der Waals surface area contributed by atoms with Crippen LogP contribution in [0.25, 0.3) is 0 Å². The third-order valence-electron chi connectivity index (χ3n) is 5.36. The summed E-state index contributed by atoms with van der Waals surface area (Å²) < 4.78 is 0. The number of guanidine groups is 1. The highest BCUT2D eigenvalue weighted by atomic mass is 16.4. The number of amides is 4. The van der Waals surface area contributed by atoms with Crippen molar-refractivity contribution in [3.63, 3.8) is 0 Å². The number of carbonyl (C=O) groups excluding carboxylic acids is 4. The lowest BCUT2D eigenvalue weighted by atomic mass is 10.0. The van der Waals surface area contributed by atoms with E-state index in [9.17, 15) is 29.1 Å². The van der Waals surface area contributed by atoms with E-state index < -0.39 is 53.8 Å². The average molecular weight is 537 g/mol. The maximum absolute atomic E-state index is 13.2. The molecule has 0 bridgehead atoms. The Morgan fingerprint density at radius 1 is 0.895 bits per heavy atom. The number of benzene rings is 1. The van der Waals surface area contributed by atoms with E-state index in [1.807, 2.05) is 0 Å². The van der Waals surface area contributed by atoms with E-state index in [1.165, 1.54) is 19.1 Å². The van der Waals surface area contributed by atoms with Crippen LogP contribution in [0.3, 0.4) is 0 Å². The molecule has 0 radical (unpaired) electrons. The molecular weight excluding hydrogens is 500 g/mol. The van der Waals surface area contributed by atoms with Crippen LogP contribution in [0, 0.1) is 0 Å². The Morgan fingerprint density at radius 2 is 1.47 bits per heavy atom. The Kier molecular flexibility index (Phi) is 13.0. The smallest absolute Gasteiger partial charge is 0.325 e. The second kappa shape index (κ2) is 15.7. The number of aromatic hydroxyl groups is 1. The van der Waals surface area contributed by atoms with Gasteiger partial charge >= 0.3 is 5.97 Å². The molecule has 15 heteroatoms. The molecule has 0 heterocycles. The number of carboxylic acids is 1. The van der Waals surface area contributed by atoms with Gasteiger partial charge < -0.3 is 49.1 Å². The number of hydrogen-bond donors (Lipinski definition) is 9. The molecule has 0 saturated heterocycles. The van der Waals surface area contributed by atoms with Gasteiger partial charge in [0.2, 0.25) is 23.6 Å². The Labute approximate surface area is 219 Å². The fourth-order valence-corrected chi connectivity index (χ4v) is 3.21. The van der Waals surface area contributed by atoms with E-state index in [-0.39, 0.29) is 43.9 Å². The van der Waals surface area contributed by atoms with Gasteiger partial charge in [0, 0.05) is 19.4 Å². The van der Waals surface area contributed by atoms with Crippen molar-refractivity contribution < 1.29 is 34.2 Å². The Morgan fingerprint density at radius 3 is 2.03 bits per heavy atom. The number of primary amides is 1. The topological polar surface area (TPSA) is 278 Å². The molecule has 1 aromatic rings. The number of nitrogens with two attached hydrogens (primary N) is 4. The molecule has 0 aliphatic carbocycles. The largest absolute Gasteiger partial charge is 0.508 e. The number of nitrogens with one attached hydrogen (secondary N) is 3. The first-order chi connectivity index (χ1) is 17.8. The zero-order valence-corrected chi connectivity index (χ0v) is 21.1. The Bertz CT molecular complexity index is 1010. The van der Waals surface area contributed by atoms with Gasteiger partial charge in [-0.15, -0.1) is 0 Å². The monoisotopic (exact) mass is 536 g/mol. The summed E-state index contributed by atoms with van der Waals surface area (Å²) in [4.78, 5) is 64.8. The molecule has 0 aliphatic rings. The van der Waals surface area contributed by atoms with E-state index in [2.05, 4.69) is 20.9 Å². The highest BCUT2D eigenvalue weighted by molar-refractivity contribution is 5.94. The first-order valence-corrected chi connectivity index (χ1v) is 11.8. The normalized spacial score (nSPS) is 13.7. The summed E-state index contributed by atoms with van der Waals surface area (Å²) in [5.41, 5.74) is 22.2. The second-order valence-electron chi connectivity index (χ2n) is 8.62. The number of carboxylic acid groups (broad SMARTS) is 1. The molecule has 0 fully saturated rings. The van der Waals surface area contributed by atoms with E-state index >= 15 is 0 Å². The fraction of sp³-hybridized carbons (Fsp3) is 0.478. The third-order valence-corrected chi connectivity index (χ3v) is 5.36. The minimum atomic E-state index is -1.32. The molecule has 4 amide bonds. The molecule has 4 unspecified atom stereocenters. The van der Waals surface area contributed by atoms with Crippen LogP contribution in [0.4, 0.5) is 0 Å². The number of hydrogen-bond acceptors (Lipinski definition) is 8. The van der Waals surface area contributed by atoms with Crippen LogP contribution in [0.1, 0.15) is 38.2 Å². The molecule has 1 aromatic carbocycles. The number of rotatable bonds is 16. The standard InChI is InChI=1S/C23H36N8O7/c1-12(22(37)38)29-20(35)16(8-9-18(25)33)30-21(36)17(11-13-4-6-14(32)7-5-13)31-19(34)15(24)3-2-10-28-23(26)27/h4-7,12,15-17,32H,2-3,8-11,24H2,1H3,(H2,25,33)(H,29,35)(H,30,36)(H,31,34)(H,37,38)(H4,26,27,28). The molecular formula is C23H36N8O7. The van der Waals surface area contributed by atoms with Crippen LogP contribution in [0.2, 0.25) is 0 Å². The predicted octanol–water partition coefficient (Wildman–Crippen LogP) is -2.86. The van der Waals surface area contributed by atoms with Crippen molar-refractivity contribution >= 4 is 35.6 Å². The average Bonchev–Trinajstić information content (AvgIpc) is 2.84. The minimum absolute atomic E-state index is 0.00248. The maximum Gasteiger partial charge on any atom is 0.325 e. The van der Waals surface area contributed by atoms with Gasteiger partial charge in [-0.1, -0.05) is 12.1 Å². The number of aliphatic imine (C=N–C) groups is 1. The van der Waals surface area contributed by atoms with E-state index in [1.54, 1.807) is 12.1 Å². The van der Waals surface area contributed by atoms with Crippen LogP contribution in [0.5, 0.6) is 5.75 Å². The molecule has 0 saturated carbocycles. The first-order valence-electron chi connectivity index (χ1n) is 11.8. The summed E-state index contributed by atoms with van der Waals surface area (Å²) >= 11 is 0. The summed E-state index contributed by atoms with van der Waals surface area (Å²) in [6.07, 6.45) is 0.110. The zero-order valence-electron chi connectivity index (χ0n) is 21.1. The van der Waals surface area contributed by atoms with Gasteiger partial charge in [0.05, 0.1) is 6.04 Å². The van der Waals surface area contributed by atoms with Crippen molar-refractivity contribution in [2.75, 3.05) is 6.54 Å². The molecule has 4 atom stereocenters. The van der Waals surface area contributed by atoms with E-state index in [0.717, 1.165) is 0 Å². The van der Waals surface area contributed by atoms with Crippen LogP contribution in [-0.4, -0.2) is 76.5 Å². The summed E-state index contributed by atoms with van der Waals surface area (Å²) in [5, 5.41) is 25.8. The molecule has 210 valence electrons. The van der Waals surface area contributed by atoms with Crippen molar-refractivity contribution in [2.45, 2.75) is 63.2 Å². The Balaban J connectivity index is 3.06. The van der Waals surface area contributed by atoms with Gasteiger partial charge in [-0.3, -0.25) is 29.0 Å². The van der Waals surface area contributed by atoms with Crippen molar-refractivity contribution in [1.82, 2.24) is 16.0 Å². The van der Waals surface area contributed by atoms with Crippen LogP contribution >= 0.6 is 0 Å². The van der Waals surface area contributed by atoms with Crippen molar-refractivity contribution in [3.05, 3.63) is 29.8 Å². The molecule has 1 rings (SSSR count). The molecule has 0 spiro atoms. The maximum atomic E-state index is 13.2. The summed E-state index contributed by atoms with van der Waals surface area (Å²) in [6.45, 7) is 1.49. The van der Waals surface area contributed by atoms with Gasteiger partial charge in [0.15, 0.2) is 5.96 Å². The number of phenolic OH excluding ortho intramolecular Hbond substituents is 1. The van der Waals surface area contributed by atoms with Crippen LogP contribution in [0.15, 0.2) is 29.3 Å². The molecule has 0 aliphatic heterocycles. The van der Waals surface area contributed by atoms with Gasteiger partial charge in [-0.25, -0.2) is 0 Å². The lowest BCUT2D eigenvalue weighted by molar-refractivity contribution is -0.142. The van der Waals surface area contributed by atoms with Crippen molar-refractivity contribution in [3.8, 4) is 5.75 Å². The van der Waals surface area contributed by atoms with Crippen LogP contribution in [-0.2, 0) is 30.4 Å². The Hall–Kier alpha value is -4.40. The number of phenols is 1. The summed E-state index contributed by atoms with van der Waals surface area (Å²) in [5.74, 6) is -4.41. The van der Waals surface area contributed by atoms with E-state index in [0.29, 0.717) is 12.0 Å². The number of aliphatic carboxylic acids is 1. The lowest BCUT2D eigenvalue weighted by Crippen LogP contribution is -2.57. The fourth-order valence-electron chi connectivity index (χ4n) is 3.21. The van der Waals surface area contributed by atoms with Gasteiger partial charge in [0.1, 0.15) is 23.9 Å². The lowest BCUT2D eigenvalue weighted by Gasteiger charge is -2.25. The van der Waals surface area contributed by atoms with Crippen molar-refractivity contribution in [1.29, 1.82) is 0 Å². The van der Waals surface area contributed by atoms with Gasteiger partial charge in [0.25, 0.3) is 0 Å². The van der Waals surface area contributed by atoms with Crippen molar-refractivity contribution in [2.24, 2.45) is 27.9 Å². The quantitative estimate of drug-likeness (QED) is 0.0591. The molecule has 38 heavy (non-hydrogen) atoms. The predicted molar refractivity (Wildman–Crippen MR) is 137 cm³/mol. The minimum Gasteiger partial charge on any atom is -0.508 e. The van der Waals surface area contributed by atoms with Gasteiger partial charge in [-0.05, 0) is 43.9 Å². The summed E-state index contributed by atoms with van der Waals surface area (Å²) in [6, 6.07) is 1.10. The second-order valence-corrected chi connectivity index (χ2v) is 8.62. The number of nitrogens with zero attached hydrogens (tertiary/aromatic N) is 1. The van der Waals surface area contributed by atoms with Crippen LogP contribution < -0.4 is 38.9 Å². The van der Waals surface area contributed by atoms with Gasteiger partial charge in [-0.2, -0.15) is 0 Å². The summed E-state index contributed by atoms with van der Waals surface area (Å²) in [7, 11) is 0. The van der Waals surface area contributed by atoms with E-state index in [4.69, 9.17) is 28.0 Å². The highest BCUT2D eigenvalue weighted by Crippen LogP contribution is 2.12. The highest BCUT2D eigenvalue weighted by Gasteiger charge is 2.29. The SMILES string of the molecule is CC(NC(=O)C(CCC(N)=O)NC(=O)C(Cc1ccc(O)cc1)NC(=O)C(N)CCCN=C(N)N)C(=O)O. The molecule has 15 nitrogen and oxygen atoms in total. The zero-order chi connectivity index (χ0) is 28.8. The molecule has 0 aromatic heterocycles. The third kappa shape index (κ3) is 12.0. The molecule has 13 N–H and O–H groups in total. The first kappa shape index (κ1) is 31.6. The number of carbonyl (C=O) groups is 5.